The average molecular weight is 262 g/mol. The van der Waals surface area contributed by atoms with Gasteiger partial charge in [-0.15, -0.1) is 0 Å². The first-order valence-electron chi connectivity index (χ1n) is 7.29. The molecule has 0 aromatic heterocycles. The normalized spacial score (nSPS) is 11.9. The van der Waals surface area contributed by atoms with Gasteiger partial charge in [-0.1, -0.05) is 45.4 Å². The minimum absolute atomic E-state index is 0.272. The van der Waals surface area contributed by atoms with Crippen LogP contribution < -0.4 is 10.2 Å². The van der Waals surface area contributed by atoms with Crippen molar-refractivity contribution in [2.45, 2.75) is 34.6 Å². The number of hydrogen-bond acceptors (Lipinski definition) is 2. The predicted molar refractivity (Wildman–Crippen MR) is 85.9 cm³/mol. The number of nitrogens with zero attached hydrogens (tertiary/aromatic N) is 1. The molecule has 1 rings (SSSR count). The summed E-state index contributed by atoms with van der Waals surface area (Å²) in [6.07, 6.45) is 0. The second-order valence-corrected chi connectivity index (χ2v) is 6.88. The van der Waals surface area contributed by atoms with E-state index in [0.717, 1.165) is 19.6 Å². The van der Waals surface area contributed by atoms with Crippen molar-refractivity contribution in [1.82, 2.24) is 5.32 Å². The molecule has 0 saturated heterocycles. The third kappa shape index (κ3) is 6.11. The number of aryl methyl sites for hydroxylation is 1. The number of rotatable bonds is 7. The summed E-state index contributed by atoms with van der Waals surface area (Å²) >= 11 is 0. The maximum Gasteiger partial charge on any atom is 0.0363 e. The Kier molecular flexibility index (Phi) is 5.86. The molecule has 108 valence electrons. The Morgan fingerprint density at radius 2 is 1.74 bits per heavy atom. The average Bonchev–Trinajstić information content (AvgIpc) is 2.28. The molecule has 1 N–H and O–H groups in total. The Hall–Kier alpha value is -1.02. The van der Waals surface area contributed by atoms with Gasteiger partial charge in [-0.05, 0) is 36.9 Å². The van der Waals surface area contributed by atoms with E-state index in [4.69, 9.17) is 0 Å². The third-order valence-electron chi connectivity index (χ3n) is 3.30. The molecule has 0 saturated carbocycles. The van der Waals surface area contributed by atoms with Gasteiger partial charge >= 0.3 is 0 Å². The molecular formula is C17H30N2. The molecule has 0 unspecified atom stereocenters. The highest BCUT2D eigenvalue weighted by molar-refractivity contribution is 5.46. The van der Waals surface area contributed by atoms with Gasteiger partial charge in [0.05, 0.1) is 0 Å². The summed E-state index contributed by atoms with van der Waals surface area (Å²) in [6, 6.07) is 8.76. The van der Waals surface area contributed by atoms with Crippen LogP contribution in [0.3, 0.4) is 0 Å². The minimum Gasteiger partial charge on any atom is -0.374 e. The summed E-state index contributed by atoms with van der Waals surface area (Å²) < 4.78 is 0. The van der Waals surface area contributed by atoms with Gasteiger partial charge in [-0.3, -0.25) is 0 Å². The van der Waals surface area contributed by atoms with Gasteiger partial charge in [0, 0.05) is 25.8 Å². The van der Waals surface area contributed by atoms with Crippen LogP contribution in [0.25, 0.3) is 0 Å². The molecule has 0 bridgehead atoms. The van der Waals surface area contributed by atoms with Crippen LogP contribution in [0.1, 0.15) is 33.3 Å². The van der Waals surface area contributed by atoms with Crippen molar-refractivity contribution in [3.05, 3.63) is 29.8 Å². The molecule has 0 amide bonds. The van der Waals surface area contributed by atoms with Gasteiger partial charge in [0.25, 0.3) is 0 Å². The lowest BCUT2D eigenvalue weighted by molar-refractivity contribution is 0.338. The highest BCUT2D eigenvalue weighted by Gasteiger charge is 2.20. The third-order valence-corrected chi connectivity index (χ3v) is 3.30. The van der Waals surface area contributed by atoms with Gasteiger partial charge in [0.15, 0.2) is 0 Å². The topological polar surface area (TPSA) is 15.3 Å². The summed E-state index contributed by atoms with van der Waals surface area (Å²) in [4.78, 5) is 2.34. The lowest BCUT2D eigenvalue weighted by Crippen LogP contribution is -2.40. The van der Waals surface area contributed by atoms with Gasteiger partial charge in [-0.2, -0.15) is 0 Å². The quantitative estimate of drug-likeness (QED) is 0.806. The molecule has 0 radical (unpaired) electrons. The molecule has 1 aromatic rings. The molecule has 0 spiro atoms. The highest BCUT2D eigenvalue weighted by Crippen LogP contribution is 2.20. The molecule has 0 aliphatic heterocycles. The maximum absolute atomic E-state index is 3.56. The van der Waals surface area contributed by atoms with E-state index < -0.39 is 0 Å². The van der Waals surface area contributed by atoms with E-state index in [1.165, 1.54) is 11.3 Å². The number of hydrogen-bond donors (Lipinski definition) is 1. The van der Waals surface area contributed by atoms with E-state index in [1.807, 2.05) is 0 Å². The summed E-state index contributed by atoms with van der Waals surface area (Å²) in [5.74, 6) is 0.714. The molecule has 0 fully saturated rings. The van der Waals surface area contributed by atoms with E-state index in [1.54, 1.807) is 0 Å². The molecular weight excluding hydrogens is 232 g/mol. The van der Waals surface area contributed by atoms with Gasteiger partial charge < -0.3 is 10.2 Å². The Balaban J connectivity index is 2.49. The van der Waals surface area contributed by atoms with Crippen LogP contribution in [-0.2, 0) is 0 Å². The lowest BCUT2D eigenvalue weighted by Gasteiger charge is -2.32. The van der Waals surface area contributed by atoms with Crippen LogP contribution in [-0.4, -0.2) is 26.7 Å². The van der Waals surface area contributed by atoms with Crippen molar-refractivity contribution in [2.24, 2.45) is 11.3 Å². The zero-order chi connectivity index (χ0) is 14.5. The molecule has 2 nitrogen and oxygen atoms in total. The molecule has 0 heterocycles. The fraction of sp³-hybridized carbons (Fsp3) is 0.647. The van der Waals surface area contributed by atoms with E-state index in [0.29, 0.717) is 5.92 Å². The second kappa shape index (κ2) is 6.95. The van der Waals surface area contributed by atoms with Crippen LogP contribution in [0.2, 0.25) is 0 Å². The first-order chi connectivity index (χ1) is 8.80. The standard InChI is InChI=1S/C17H30N2/c1-14(2)11-18-12-17(4,5)13-19(6)16-9-7-15(3)8-10-16/h7-10,14,18H,11-13H2,1-6H3. The van der Waals surface area contributed by atoms with Gasteiger partial charge in [-0.25, -0.2) is 0 Å². The summed E-state index contributed by atoms with van der Waals surface area (Å²) in [5, 5.41) is 3.56. The minimum atomic E-state index is 0.272. The summed E-state index contributed by atoms with van der Waals surface area (Å²) in [5.41, 5.74) is 2.88. The van der Waals surface area contributed by atoms with Crippen molar-refractivity contribution in [3.8, 4) is 0 Å². The molecule has 19 heavy (non-hydrogen) atoms. The number of nitrogens with one attached hydrogen (secondary N) is 1. The first-order valence-corrected chi connectivity index (χ1v) is 7.29. The first kappa shape index (κ1) is 16.0. The summed E-state index contributed by atoms with van der Waals surface area (Å²) in [7, 11) is 2.18. The smallest absolute Gasteiger partial charge is 0.0363 e. The second-order valence-electron chi connectivity index (χ2n) is 6.88. The molecule has 1 aromatic carbocycles. The molecule has 0 atom stereocenters. The lowest BCUT2D eigenvalue weighted by atomic mass is 9.92. The van der Waals surface area contributed by atoms with E-state index in [9.17, 15) is 0 Å². The van der Waals surface area contributed by atoms with Crippen molar-refractivity contribution in [2.75, 3.05) is 31.6 Å². The van der Waals surface area contributed by atoms with Gasteiger partial charge in [0.2, 0.25) is 0 Å². The Labute approximate surface area is 119 Å². The highest BCUT2D eigenvalue weighted by atomic mass is 15.1. The van der Waals surface area contributed by atoms with E-state index in [2.05, 4.69) is 76.1 Å². The number of benzene rings is 1. The van der Waals surface area contributed by atoms with Crippen LogP contribution in [0.4, 0.5) is 5.69 Å². The summed E-state index contributed by atoms with van der Waals surface area (Å²) in [6.45, 7) is 14.5. The predicted octanol–water partition coefficient (Wildman–Crippen LogP) is 3.70. The van der Waals surface area contributed by atoms with Crippen LogP contribution in [0.5, 0.6) is 0 Å². The van der Waals surface area contributed by atoms with Crippen LogP contribution in [0, 0.1) is 18.3 Å². The Bertz CT molecular complexity index is 365. The van der Waals surface area contributed by atoms with Gasteiger partial charge in [0.1, 0.15) is 0 Å². The van der Waals surface area contributed by atoms with Crippen molar-refractivity contribution < 1.29 is 0 Å². The Morgan fingerprint density at radius 1 is 1.16 bits per heavy atom. The van der Waals surface area contributed by atoms with Crippen LogP contribution >= 0.6 is 0 Å². The van der Waals surface area contributed by atoms with Crippen molar-refractivity contribution in [3.63, 3.8) is 0 Å². The zero-order valence-electron chi connectivity index (χ0n) is 13.5. The SMILES string of the molecule is Cc1ccc(N(C)CC(C)(C)CNCC(C)C)cc1. The monoisotopic (exact) mass is 262 g/mol. The van der Waals surface area contributed by atoms with E-state index in [-0.39, 0.29) is 5.41 Å². The number of anilines is 1. The molecule has 0 aliphatic rings. The molecule has 0 aliphatic carbocycles. The van der Waals surface area contributed by atoms with E-state index >= 15 is 0 Å². The Morgan fingerprint density at radius 3 is 2.26 bits per heavy atom. The van der Waals surface area contributed by atoms with Crippen LogP contribution in [0.15, 0.2) is 24.3 Å². The van der Waals surface area contributed by atoms with Crippen molar-refractivity contribution in [1.29, 1.82) is 0 Å². The fourth-order valence-corrected chi connectivity index (χ4v) is 2.29. The van der Waals surface area contributed by atoms with Crippen molar-refractivity contribution >= 4 is 5.69 Å². The fourth-order valence-electron chi connectivity index (χ4n) is 2.29. The maximum atomic E-state index is 3.56. The largest absolute Gasteiger partial charge is 0.374 e. The molecule has 2 heteroatoms. The zero-order valence-corrected chi connectivity index (χ0v) is 13.5.